The normalized spacial score (nSPS) is 14.5. The molecule has 0 spiro atoms. The summed E-state index contributed by atoms with van der Waals surface area (Å²) in [5.74, 6) is -1.06. The van der Waals surface area contributed by atoms with Crippen LogP contribution in [-0.4, -0.2) is 95.9 Å². The third-order valence-electron chi connectivity index (χ3n) is 9.68. The minimum absolute atomic E-state index is 0.00926. The Hall–Kier alpha value is -3.52. The van der Waals surface area contributed by atoms with Crippen LogP contribution in [0.5, 0.6) is 0 Å². The summed E-state index contributed by atoms with van der Waals surface area (Å²) in [5, 5.41) is 28.4. The molecule has 54 heavy (non-hydrogen) atoms. The maximum absolute atomic E-state index is 13.2. The average molecular weight is 756 g/mol. The van der Waals surface area contributed by atoms with Crippen molar-refractivity contribution in [2.24, 2.45) is 0 Å². The summed E-state index contributed by atoms with van der Waals surface area (Å²) in [5.41, 5.74) is 2.63. The van der Waals surface area contributed by atoms with Crippen LogP contribution in [0.15, 0.2) is 42.5 Å². The van der Waals surface area contributed by atoms with E-state index in [1.54, 1.807) is 20.8 Å². The van der Waals surface area contributed by atoms with Crippen molar-refractivity contribution in [1.29, 1.82) is 0 Å². The van der Waals surface area contributed by atoms with Crippen LogP contribution in [0, 0.1) is 0 Å². The monoisotopic (exact) mass is 755 g/mol. The zero-order chi connectivity index (χ0) is 40.4. The van der Waals surface area contributed by atoms with Gasteiger partial charge >= 0.3 is 5.97 Å². The molecule has 0 bridgehead atoms. The fraction of sp³-hybridized carbons (Fsp3) is 0.619. The molecule has 12 heteroatoms. The first-order valence-electron chi connectivity index (χ1n) is 19.2. The molecule has 302 valence electrons. The molecule has 3 atom stereocenters. The predicted molar refractivity (Wildman–Crippen MR) is 210 cm³/mol. The highest BCUT2D eigenvalue weighted by molar-refractivity contribution is 5.90. The quantitative estimate of drug-likeness (QED) is 0.0672. The molecule has 5 N–H and O–H groups in total. The molecule has 0 saturated heterocycles. The standard InChI is InChI=1S/C42H65N3O9/c1-9-41(7,37(49)20-19-36(45-30(3)48)39(51)54-40(4,5)6)44-22-23-52-24-25-53-29-38(50)42(8,10-2)43-21-11-12-34-26-32(28-47)15-18-35(34)33-16-13-31(27-46)14-17-33/h13-18,26,36,43-44,46-47H,9-12,19-25,27-29H2,1-8H3,(H,45,48). The van der Waals surface area contributed by atoms with Gasteiger partial charge in [-0.2, -0.15) is 0 Å². The zero-order valence-corrected chi connectivity index (χ0v) is 33.8. The zero-order valence-electron chi connectivity index (χ0n) is 33.8. The number of ketones is 2. The minimum Gasteiger partial charge on any atom is -0.458 e. The molecule has 0 aliphatic carbocycles. The van der Waals surface area contributed by atoms with E-state index in [2.05, 4.69) is 16.0 Å². The lowest BCUT2D eigenvalue weighted by atomic mass is 9.89. The number of hydrogen-bond donors (Lipinski definition) is 5. The van der Waals surface area contributed by atoms with Crippen LogP contribution in [0.25, 0.3) is 11.1 Å². The Kier molecular flexibility index (Phi) is 19.7. The number of ether oxygens (including phenoxy) is 3. The van der Waals surface area contributed by atoms with Crippen LogP contribution in [0.2, 0.25) is 0 Å². The fourth-order valence-corrected chi connectivity index (χ4v) is 5.87. The van der Waals surface area contributed by atoms with Gasteiger partial charge in [-0.05, 0) is 101 Å². The Bertz CT molecular complexity index is 1490. The van der Waals surface area contributed by atoms with E-state index in [4.69, 9.17) is 14.2 Å². The molecule has 0 heterocycles. The van der Waals surface area contributed by atoms with Gasteiger partial charge in [0.1, 0.15) is 18.2 Å². The third kappa shape index (κ3) is 15.7. The molecule has 2 aromatic rings. The van der Waals surface area contributed by atoms with E-state index in [1.165, 1.54) is 6.92 Å². The highest BCUT2D eigenvalue weighted by Gasteiger charge is 2.33. The number of nitrogens with one attached hydrogen (secondary N) is 3. The second-order valence-corrected chi connectivity index (χ2v) is 15.2. The molecule has 0 aromatic heterocycles. The largest absolute Gasteiger partial charge is 0.458 e. The van der Waals surface area contributed by atoms with Gasteiger partial charge in [0, 0.05) is 19.9 Å². The van der Waals surface area contributed by atoms with E-state index < -0.39 is 28.7 Å². The molecule has 0 aliphatic rings. The van der Waals surface area contributed by atoms with Gasteiger partial charge in [0.05, 0.1) is 44.1 Å². The Morgan fingerprint density at radius 1 is 0.759 bits per heavy atom. The van der Waals surface area contributed by atoms with Crippen molar-refractivity contribution in [3.8, 4) is 11.1 Å². The van der Waals surface area contributed by atoms with E-state index >= 15 is 0 Å². The molecule has 3 unspecified atom stereocenters. The molecule has 0 aliphatic heterocycles. The van der Waals surface area contributed by atoms with Gasteiger partial charge in [-0.3, -0.25) is 14.4 Å². The lowest BCUT2D eigenvalue weighted by molar-refractivity contribution is -0.158. The smallest absolute Gasteiger partial charge is 0.329 e. The van der Waals surface area contributed by atoms with Crippen molar-refractivity contribution in [3.63, 3.8) is 0 Å². The number of carbonyl (C=O) groups is 4. The number of rotatable bonds is 26. The highest BCUT2D eigenvalue weighted by Crippen LogP contribution is 2.27. The van der Waals surface area contributed by atoms with Crippen LogP contribution in [-0.2, 0) is 53.0 Å². The summed E-state index contributed by atoms with van der Waals surface area (Å²) in [6.45, 7) is 15.9. The Balaban J connectivity index is 1.75. The van der Waals surface area contributed by atoms with E-state index in [1.807, 2.05) is 70.2 Å². The van der Waals surface area contributed by atoms with E-state index in [0.717, 1.165) is 40.7 Å². The number of aliphatic hydroxyl groups excluding tert-OH is 2. The van der Waals surface area contributed by atoms with Crippen LogP contribution in [0.1, 0.15) is 104 Å². The number of carbonyl (C=O) groups excluding carboxylic acids is 4. The van der Waals surface area contributed by atoms with Crippen molar-refractivity contribution in [1.82, 2.24) is 16.0 Å². The summed E-state index contributed by atoms with van der Waals surface area (Å²) in [6.07, 6.45) is 2.88. The van der Waals surface area contributed by atoms with Gasteiger partial charge in [0.15, 0.2) is 11.6 Å². The van der Waals surface area contributed by atoms with E-state index in [9.17, 15) is 29.4 Å². The first kappa shape index (κ1) is 46.6. The molecular formula is C42H65N3O9. The first-order valence-corrected chi connectivity index (χ1v) is 19.2. The number of aliphatic hydroxyl groups is 2. The van der Waals surface area contributed by atoms with Gasteiger partial charge in [-0.15, -0.1) is 0 Å². The average Bonchev–Trinajstić information content (AvgIpc) is 3.14. The van der Waals surface area contributed by atoms with Crippen LogP contribution < -0.4 is 16.0 Å². The van der Waals surface area contributed by atoms with Crippen LogP contribution >= 0.6 is 0 Å². The molecule has 12 nitrogen and oxygen atoms in total. The molecule has 0 radical (unpaired) electrons. The summed E-state index contributed by atoms with van der Waals surface area (Å²) >= 11 is 0. The first-order chi connectivity index (χ1) is 25.5. The number of amides is 1. The van der Waals surface area contributed by atoms with Gasteiger partial charge in [-0.25, -0.2) is 4.79 Å². The number of esters is 1. The number of Topliss-reactive ketones (excluding diaryl/α,β-unsaturated/α-hetero) is 2. The van der Waals surface area contributed by atoms with Gasteiger partial charge < -0.3 is 40.4 Å². The minimum atomic E-state index is -0.911. The summed E-state index contributed by atoms with van der Waals surface area (Å²) in [6, 6.07) is 12.9. The van der Waals surface area contributed by atoms with Crippen molar-refractivity contribution < 1.29 is 43.6 Å². The molecule has 2 aromatic carbocycles. The van der Waals surface area contributed by atoms with E-state index in [-0.39, 0.29) is 63.3 Å². The Morgan fingerprint density at radius 3 is 1.94 bits per heavy atom. The fourth-order valence-electron chi connectivity index (χ4n) is 5.87. The topological polar surface area (TPSA) is 173 Å². The molecule has 0 fully saturated rings. The Labute approximate surface area is 322 Å². The summed E-state index contributed by atoms with van der Waals surface area (Å²) < 4.78 is 16.8. The SMILES string of the molecule is CCC(C)(NCCOCCOCC(=O)C(C)(CC)NCCCc1cc(CO)ccc1-c1ccc(CO)cc1)C(=O)CCC(NC(C)=O)C(=O)OC(C)(C)C. The van der Waals surface area contributed by atoms with Crippen LogP contribution in [0.3, 0.4) is 0 Å². The summed E-state index contributed by atoms with van der Waals surface area (Å²) in [4.78, 5) is 50.6. The van der Waals surface area contributed by atoms with Gasteiger partial charge in [0.25, 0.3) is 0 Å². The third-order valence-corrected chi connectivity index (χ3v) is 9.68. The second kappa shape index (κ2) is 22.8. The number of benzene rings is 2. The predicted octanol–water partition coefficient (Wildman–Crippen LogP) is 4.59. The molecule has 1 amide bonds. The number of aryl methyl sites for hydroxylation is 1. The maximum atomic E-state index is 13.2. The number of hydrogen-bond acceptors (Lipinski definition) is 11. The van der Waals surface area contributed by atoms with Gasteiger partial charge in [0.2, 0.25) is 5.91 Å². The molecule has 2 rings (SSSR count). The lowest BCUT2D eigenvalue weighted by Crippen LogP contribution is -2.51. The summed E-state index contributed by atoms with van der Waals surface area (Å²) in [7, 11) is 0. The highest BCUT2D eigenvalue weighted by atomic mass is 16.6. The molecular weight excluding hydrogens is 690 g/mol. The van der Waals surface area contributed by atoms with Crippen molar-refractivity contribution >= 4 is 23.4 Å². The van der Waals surface area contributed by atoms with E-state index in [0.29, 0.717) is 32.5 Å². The van der Waals surface area contributed by atoms with Crippen LogP contribution in [0.4, 0.5) is 0 Å². The second-order valence-electron chi connectivity index (χ2n) is 15.2. The maximum Gasteiger partial charge on any atom is 0.329 e. The Morgan fingerprint density at radius 2 is 1.35 bits per heavy atom. The van der Waals surface area contributed by atoms with Crippen molar-refractivity contribution in [2.75, 3.05) is 39.5 Å². The lowest BCUT2D eigenvalue weighted by Gasteiger charge is -2.29. The van der Waals surface area contributed by atoms with Gasteiger partial charge in [-0.1, -0.05) is 56.3 Å². The van der Waals surface area contributed by atoms with Crippen molar-refractivity contribution in [2.45, 2.75) is 130 Å². The van der Waals surface area contributed by atoms with Crippen molar-refractivity contribution in [3.05, 3.63) is 59.2 Å². The molecule has 0 saturated carbocycles.